The minimum Gasteiger partial charge on any atom is -0.378 e. The van der Waals surface area contributed by atoms with E-state index in [0.29, 0.717) is 18.8 Å². The van der Waals surface area contributed by atoms with Crippen molar-refractivity contribution >= 4 is 11.6 Å². The third kappa shape index (κ3) is 2.24. The van der Waals surface area contributed by atoms with Gasteiger partial charge in [-0.05, 0) is 6.07 Å². The lowest BCUT2D eigenvalue weighted by Crippen LogP contribution is -2.36. The number of anilines is 1. The van der Waals surface area contributed by atoms with Crippen LogP contribution in [0.5, 0.6) is 0 Å². The van der Waals surface area contributed by atoms with Gasteiger partial charge in [-0.15, -0.1) is 0 Å². The van der Waals surface area contributed by atoms with Crippen LogP contribution in [0.2, 0.25) is 0 Å². The van der Waals surface area contributed by atoms with Crippen LogP contribution in [0.1, 0.15) is 10.4 Å². The molecule has 1 fully saturated rings. The minimum absolute atomic E-state index is 0.444. The van der Waals surface area contributed by atoms with Crippen molar-refractivity contribution in [2.75, 3.05) is 31.2 Å². The molecule has 1 aliphatic heterocycles. The van der Waals surface area contributed by atoms with Crippen LogP contribution in [0.25, 0.3) is 0 Å². The van der Waals surface area contributed by atoms with E-state index in [1.807, 2.05) is 0 Å². The van der Waals surface area contributed by atoms with E-state index >= 15 is 0 Å². The highest BCUT2D eigenvalue weighted by molar-refractivity contribution is 5.93. The van der Waals surface area contributed by atoms with Crippen molar-refractivity contribution in [2.24, 2.45) is 5.73 Å². The lowest BCUT2D eigenvalue weighted by Gasteiger charge is -2.28. The SMILES string of the molecule is NC(=O)c1cncc(N2CCOCC2)c1. The molecule has 15 heavy (non-hydrogen) atoms. The Labute approximate surface area is 87.8 Å². The highest BCUT2D eigenvalue weighted by Gasteiger charge is 2.12. The summed E-state index contributed by atoms with van der Waals surface area (Å²) in [5, 5.41) is 0. The lowest BCUT2D eigenvalue weighted by atomic mass is 10.2. The first-order valence-electron chi connectivity index (χ1n) is 4.85. The molecule has 0 aliphatic carbocycles. The Hall–Kier alpha value is -1.62. The molecule has 5 nitrogen and oxygen atoms in total. The highest BCUT2D eigenvalue weighted by atomic mass is 16.5. The van der Waals surface area contributed by atoms with Gasteiger partial charge in [-0.1, -0.05) is 0 Å². The van der Waals surface area contributed by atoms with Gasteiger partial charge in [-0.2, -0.15) is 0 Å². The van der Waals surface area contributed by atoms with E-state index in [4.69, 9.17) is 10.5 Å². The summed E-state index contributed by atoms with van der Waals surface area (Å²) in [6, 6.07) is 1.76. The van der Waals surface area contributed by atoms with E-state index in [1.165, 1.54) is 6.20 Å². The van der Waals surface area contributed by atoms with Crippen molar-refractivity contribution in [3.05, 3.63) is 24.0 Å². The van der Waals surface area contributed by atoms with Gasteiger partial charge in [0, 0.05) is 19.3 Å². The fourth-order valence-electron chi connectivity index (χ4n) is 1.56. The second kappa shape index (κ2) is 4.27. The van der Waals surface area contributed by atoms with Gasteiger partial charge in [0.15, 0.2) is 0 Å². The van der Waals surface area contributed by atoms with Crippen LogP contribution in [0.15, 0.2) is 18.5 Å². The summed E-state index contributed by atoms with van der Waals surface area (Å²) in [6.07, 6.45) is 3.21. The molecule has 0 bridgehead atoms. The summed E-state index contributed by atoms with van der Waals surface area (Å²) in [5.74, 6) is -0.447. The normalized spacial score (nSPS) is 16.4. The molecule has 2 rings (SSSR count). The second-order valence-corrected chi connectivity index (χ2v) is 3.40. The third-order valence-corrected chi connectivity index (χ3v) is 2.38. The van der Waals surface area contributed by atoms with Crippen LogP contribution in [0.3, 0.4) is 0 Å². The Kier molecular flexibility index (Phi) is 2.82. The van der Waals surface area contributed by atoms with Crippen molar-refractivity contribution < 1.29 is 9.53 Å². The smallest absolute Gasteiger partial charge is 0.250 e. The van der Waals surface area contributed by atoms with Crippen LogP contribution in [-0.2, 0) is 4.74 Å². The zero-order valence-corrected chi connectivity index (χ0v) is 8.35. The predicted octanol–water partition coefficient (Wildman–Crippen LogP) is 0.0171. The quantitative estimate of drug-likeness (QED) is 0.742. The van der Waals surface area contributed by atoms with Crippen molar-refractivity contribution in [2.45, 2.75) is 0 Å². The van der Waals surface area contributed by atoms with Gasteiger partial charge in [0.25, 0.3) is 0 Å². The molecule has 1 aliphatic rings. The standard InChI is InChI=1S/C10H13N3O2/c11-10(14)8-5-9(7-12-6-8)13-1-3-15-4-2-13/h5-7H,1-4H2,(H2,11,14). The van der Waals surface area contributed by atoms with E-state index in [9.17, 15) is 4.79 Å². The Bertz CT molecular complexity index is 361. The number of ether oxygens (including phenoxy) is 1. The fraction of sp³-hybridized carbons (Fsp3) is 0.400. The molecule has 2 N–H and O–H groups in total. The van der Waals surface area contributed by atoms with Crippen LogP contribution in [0, 0.1) is 0 Å². The Morgan fingerprint density at radius 1 is 1.40 bits per heavy atom. The summed E-state index contributed by atoms with van der Waals surface area (Å²) in [5.41, 5.74) is 6.56. The van der Waals surface area contributed by atoms with E-state index in [2.05, 4.69) is 9.88 Å². The summed E-state index contributed by atoms with van der Waals surface area (Å²) in [6.45, 7) is 3.06. The Morgan fingerprint density at radius 2 is 2.13 bits per heavy atom. The average Bonchev–Trinajstić information content (AvgIpc) is 2.30. The van der Waals surface area contributed by atoms with Gasteiger partial charge in [0.05, 0.1) is 30.7 Å². The summed E-state index contributed by atoms with van der Waals surface area (Å²) < 4.78 is 5.25. The topological polar surface area (TPSA) is 68.5 Å². The van der Waals surface area contributed by atoms with Crippen molar-refractivity contribution in [1.29, 1.82) is 0 Å². The third-order valence-electron chi connectivity index (χ3n) is 2.38. The molecule has 80 valence electrons. The Morgan fingerprint density at radius 3 is 2.80 bits per heavy atom. The number of amides is 1. The van der Waals surface area contributed by atoms with E-state index in [1.54, 1.807) is 12.3 Å². The number of nitrogens with two attached hydrogens (primary N) is 1. The summed E-state index contributed by atoms with van der Waals surface area (Å²) in [7, 11) is 0. The first kappa shape index (κ1) is 9.92. The molecule has 0 saturated carbocycles. The number of pyridine rings is 1. The summed E-state index contributed by atoms with van der Waals surface area (Å²) >= 11 is 0. The molecule has 0 spiro atoms. The van der Waals surface area contributed by atoms with Gasteiger partial charge in [0.1, 0.15) is 0 Å². The first-order chi connectivity index (χ1) is 7.27. The molecular weight excluding hydrogens is 194 g/mol. The van der Waals surface area contributed by atoms with Crippen LogP contribution >= 0.6 is 0 Å². The minimum atomic E-state index is -0.447. The number of carbonyl (C=O) groups is 1. The van der Waals surface area contributed by atoms with Gasteiger partial charge < -0.3 is 15.4 Å². The molecule has 1 aromatic heterocycles. The number of hydrogen-bond acceptors (Lipinski definition) is 4. The Balaban J connectivity index is 2.19. The van der Waals surface area contributed by atoms with Crippen LogP contribution < -0.4 is 10.6 Å². The predicted molar refractivity (Wildman–Crippen MR) is 55.8 cm³/mol. The maximum atomic E-state index is 11.0. The van der Waals surface area contributed by atoms with Gasteiger partial charge >= 0.3 is 0 Å². The largest absolute Gasteiger partial charge is 0.378 e. The number of morpholine rings is 1. The number of rotatable bonds is 2. The number of nitrogens with zero attached hydrogens (tertiary/aromatic N) is 2. The molecular formula is C10H13N3O2. The number of primary amides is 1. The van der Waals surface area contributed by atoms with Crippen molar-refractivity contribution in [3.8, 4) is 0 Å². The zero-order chi connectivity index (χ0) is 10.7. The molecule has 2 heterocycles. The van der Waals surface area contributed by atoms with Crippen molar-refractivity contribution in [3.63, 3.8) is 0 Å². The molecule has 0 unspecified atom stereocenters. The molecule has 5 heteroatoms. The molecule has 0 aromatic carbocycles. The maximum Gasteiger partial charge on any atom is 0.250 e. The second-order valence-electron chi connectivity index (χ2n) is 3.40. The highest BCUT2D eigenvalue weighted by Crippen LogP contribution is 2.15. The molecule has 1 saturated heterocycles. The monoisotopic (exact) mass is 207 g/mol. The number of hydrogen-bond donors (Lipinski definition) is 1. The fourth-order valence-corrected chi connectivity index (χ4v) is 1.56. The molecule has 0 atom stereocenters. The van der Waals surface area contributed by atoms with E-state index < -0.39 is 5.91 Å². The molecule has 0 radical (unpaired) electrons. The van der Waals surface area contributed by atoms with Gasteiger partial charge in [-0.25, -0.2) is 0 Å². The van der Waals surface area contributed by atoms with Crippen molar-refractivity contribution in [1.82, 2.24) is 4.98 Å². The maximum absolute atomic E-state index is 11.0. The lowest BCUT2D eigenvalue weighted by molar-refractivity contribution is 0.1000. The van der Waals surface area contributed by atoms with Crippen LogP contribution in [-0.4, -0.2) is 37.2 Å². The summed E-state index contributed by atoms with van der Waals surface area (Å²) in [4.78, 5) is 17.1. The first-order valence-corrected chi connectivity index (χ1v) is 4.85. The molecule has 1 amide bonds. The number of aromatic nitrogens is 1. The molecule has 1 aromatic rings. The van der Waals surface area contributed by atoms with Gasteiger partial charge in [0.2, 0.25) is 5.91 Å². The number of carbonyl (C=O) groups excluding carboxylic acids is 1. The van der Waals surface area contributed by atoms with Gasteiger partial charge in [-0.3, -0.25) is 9.78 Å². The van der Waals surface area contributed by atoms with E-state index in [-0.39, 0.29) is 0 Å². The zero-order valence-electron chi connectivity index (χ0n) is 8.35. The van der Waals surface area contributed by atoms with E-state index in [0.717, 1.165) is 18.8 Å². The van der Waals surface area contributed by atoms with Crippen LogP contribution in [0.4, 0.5) is 5.69 Å². The average molecular weight is 207 g/mol.